The molecule has 1 heterocycles. The Labute approximate surface area is 101 Å². The Balaban J connectivity index is 2.30. The quantitative estimate of drug-likeness (QED) is 0.572. The smallest absolute Gasteiger partial charge is 0.0341 e. The molecule has 0 fully saturated rings. The molecule has 0 spiro atoms. The van der Waals surface area contributed by atoms with Gasteiger partial charge in [-0.25, -0.2) is 0 Å². The van der Waals surface area contributed by atoms with Gasteiger partial charge in [0.25, 0.3) is 0 Å². The zero-order chi connectivity index (χ0) is 11.1. The van der Waals surface area contributed by atoms with Crippen LogP contribution in [0.1, 0.15) is 25.8 Å². The van der Waals surface area contributed by atoms with Crippen LogP contribution in [0.5, 0.6) is 0 Å². The highest BCUT2D eigenvalue weighted by Gasteiger charge is 2.10. The van der Waals surface area contributed by atoms with Gasteiger partial charge in [0.15, 0.2) is 0 Å². The van der Waals surface area contributed by atoms with Crippen LogP contribution in [0.4, 0.5) is 0 Å². The van der Waals surface area contributed by atoms with E-state index in [0.29, 0.717) is 6.04 Å². The summed E-state index contributed by atoms with van der Waals surface area (Å²) in [4.78, 5) is 0. The van der Waals surface area contributed by atoms with Gasteiger partial charge in [0.1, 0.15) is 0 Å². The normalized spacial score (nSPS) is 15.1. The minimum atomic E-state index is 0.388. The summed E-state index contributed by atoms with van der Waals surface area (Å²) in [5.74, 6) is 6.64. The van der Waals surface area contributed by atoms with Crippen molar-refractivity contribution in [2.75, 3.05) is 5.75 Å². The summed E-state index contributed by atoms with van der Waals surface area (Å²) in [5.41, 5.74) is 4.29. The number of nitrogens with one attached hydrogen (secondary N) is 1. The van der Waals surface area contributed by atoms with E-state index in [0.717, 1.165) is 17.4 Å². The SMILES string of the molecule is CCC(C)SCC(Cc1ccsc1)NN. The van der Waals surface area contributed by atoms with Gasteiger partial charge in [0.2, 0.25) is 0 Å². The largest absolute Gasteiger partial charge is 0.271 e. The first-order valence-corrected chi connectivity index (χ1v) is 7.34. The lowest BCUT2D eigenvalue weighted by atomic mass is 10.1. The number of hydrogen-bond donors (Lipinski definition) is 2. The van der Waals surface area contributed by atoms with E-state index in [4.69, 9.17) is 5.84 Å². The number of hydrazine groups is 1. The third-order valence-electron chi connectivity index (χ3n) is 2.45. The first-order chi connectivity index (χ1) is 7.26. The molecular weight excluding hydrogens is 224 g/mol. The summed E-state index contributed by atoms with van der Waals surface area (Å²) in [6.45, 7) is 4.49. The third kappa shape index (κ3) is 5.02. The third-order valence-corrected chi connectivity index (χ3v) is 4.68. The predicted octanol–water partition coefficient (Wildman–Crippen LogP) is 2.65. The van der Waals surface area contributed by atoms with Gasteiger partial charge in [0, 0.05) is 17.0 Å². The average molecular weight is 244 g/mol. The van der Waals surface area contributed by atoms with E-state index in [1.165, 1.54) is 12.0 Å². The van der Waals surface area contributed by atoms with Crippen LogP contribution in [-0.2, 0) is 6.42 Å². The van der Waals surface area contributed by atoms with Crippen molar-refractivity contribution in [3.8, 4) is 0 Å². The van der Waals surface area contributed by atoms with E-state index in [-0.39, 0.29) is 0 Å². The summed E-state index contributed by atoms with van der Waals surface area (Å²) in [6.07, 6.45) is 2.25. The van der Waals surface area contributed by atoms with Crippen molar-refractivity contribution in [3.05, 3.63) is 22.4 Å². The summed E-state index contributed by atoms with van der Waals surface area (Å²) in [7, 11) is 0. The second-order valence-electron chi connectivity index (χ2n) is 3.75. The van der Waals surface area contributed by atoms with Crippen molar-refractivity contribution in [1.82, 2.24) is 5.43 Å². The molecule has 0 radical (unpaired) electrons. The lowest BCUT2D eigenvalue weighted by molar-refractivity contribution is 0.575. The topological polar surface area (TPSA) is 38.0 Å². The van der Waals surface area contributed by atoms with Gasteiger partial charge in [-0.05, 0) is 35.2 Å². The van der Waals surface area contributed by atoms with Crippen molar-refractivity contribution in [1.29, 1.82) is 0 Å². The molecule has 0 saturated heterocycles. The Bertz CT molecular complexity index is 249. The van der Waals surface area contributed by atoms with E-state index in [1.54, 1.807) is 11.3 Å². The lowest BCUT2D eigenvalue weighted by Crippen LogP contribution is -2.38. The van der Waals surface area contributed by atoms with Crippen LogP contribution in [0, 0.1) is 0 Å². The Kier molecular flexibility index (Phi) is 6.32. The van der Waals surface area contributed by atoms with Crippen molar-refractivity contribution < 1.29 is 0 Å². The van der Waals surface area contributed by atoms with Crippen LogP contribution in [0.2, 0.25) is 0 Å². The van der Waals surface area contributed by atoms with Gasteiger partial charge >= 0.3 is 0 Å². The zero-order valence-electron chi connectivity index (χ0n) is 9.40. The Morgan fingerprint density at radius 2 is 2.40 bits per heavy atom. The first kappa shape index (κ1) is 13.0. The fourth-order valence-corrected chi connectivity index (χ4v) is 2.95. The molecule has 4 heteroatoms. The monoisotopic (exact) mass is 244 g/mol. The molecule has 2 atom stereocenters. The molecule has 1 aromatic heterocycles. The van der Waals surface area contributed by atoms with E-state index >= 15 is 0 Å². The first-order valence-electron chi connectivity index (χ1n) is 5.35. The highest BCUT2D eigenvalue weighted by molar-refractivity contribution is 7.99. The van der Waals surface area contributed by atoms with Gasteiger partial charge in [-0.3, -0.25) is 11.3 Å². The van der Waals surface area contributed by atoms with Crippen LogP contribution in [0.25, 0.3) is 0 Å². The molecule has 0 bridgehead atoms. The van der Waals surface area contributed by atoms with E-state index in [2.05, 4.69) is 36.1 Å². The average Bonchev–Trinajstić information content (AvgIpc) is 2.76. The van der Waals surface area contributed by atoms with Crippen LogP contribution < -0.4 is 11.3 Å². The number of nitrogens with two attached hydrogens (primary N) is 1. The van der Waals surface area contributed by atoms with Crippen molar-refractivity contribution in [2.24, 2.45) is 5.84 Å². The van der Waals surface area contributed by atoms with E-state index < -0.39 is 0 Å². The molecule has 1 rings (SSSR count). The Morgan fingerprint density at radius 1 is 1.60 bits per heavy atom. The number of hydrogen-bond acceptors (Lipinski definition) is 4. The maximum absolute atomic E-state index is 5.56. The molecule has 0 aromatic carbocycles. The zero-order valence-corrected chi connectivity index (χ0v) is 11.0. The van der Waals surface area contributed by atoms with Gasteiger partial charge in [-0.2, -0.15) is 23.1 Å². The van der Waals surface area contributed by atoms with Gasteiger partial charge in [-0.15, -0.1) is 0 Å². The van der Waals surface area contributed by atoms with Crippen molar-refractivity contribution >= 4 is 23.1 Å². The molecule has 0 aliphatic heterocycles. The highest BCUT2D eigenvalue weighted by atomic mass is 32.2. The Morgan fingerprint density at radius 3 is 2.93 bits per heavy atom. The van der Waals surface area contributed by atoms with Crippen LogP contribution in [-0.4, -0.2) is 17.0 Å². The molecule has 0 aliphatic carbocycles. The van der Waals surface area contributed by atoms with Gasteiger partial charge in [0.05, 0.1) is 0 Å². The summed E-state index contributed by atoms with van der Waals surface area (Å²) < 4.78 is 0. The fourth-order valence-electron chi connectivity index (χ4n) is 1.26. The van der Waals surface area contributed by atoms with Crippen LogP contribution in [0.15, 0.2) is 16.8 Å². The molecule has 1 aromatic rings. The number of rotatable bonds is 7. The Hall–Kier alpha value is -0.0300. The molecule has 3 N–H and O–H groups in total. The summed E-state index contributed by atoms with van der Waals surface area (Å²) in [6, 6.07) is 2.56. The molecule has 86 valence electrons. The van der Waals surface area contributed by atoms with Crippen molar-refractivity contribution in [2.45, 2.75) is 38.0 Å². The van der Waals surface area contributed by atoms with Gasteiger partial charge in [-0.1, -0.05) is 13.8 Å². The molecule has 15 heavy (non-hydrogen) atoms. The maximum atomic E-state index is 5.56. The molecule has 0 saturated carbocycles. The van der Waals surface area contributed by atoms with Crippen LogP contribution >= 0.6 is 23.1 Å². The highest BCUT2D eigenvalue weighted by Crippen LogP contribution is 2.17. The molecule has 2 nitrogen and oxygen atoms in total. The minimum Gasteiger partial charge on any atom is -0.271 e. The van der Waals surface area contributed by atoms with Gasteiger partial charge < -0.3 is 0 Å². The van der Waals surface area contributed by atoms with Crippen molar-refractivity contribution in [3.63, 3.8) is 0 Å². The van der Waals surface area contributed by atoms with E-state index in [1.807, 2.05) is 11.8 Å². The second kappa shape index (κ2) is 7.28. The fraction of sp³-hybridized carbons (Fsp3) is 0.636. The van der Waals surface area contributed by atoms with Crippen LogP contribution in [0.3, 0.4) is 0 Å². The molecule has 2 unspecified atom stereocenters. The van der Waals surface area contributed by atoms with E-state index in [9.17, 15) is 0 Å². The minimum absolute atomic E-state index is 0.388. The molecule has 0 amide bonds. The number of thiophene rings is 1. The summed E-state index contributed by atoms with van der Waals surface area (Å²) >= 11 is 3.74. The lowest BCUT2D eigenvalue weighted by Gasteiger charge is -2.17. The predicted molar refractivity (Wildman–Crippen MR) is 71.3 cm³/mol. The number of thioether (sulfide) groups is 1. The second-order valence-corrected chi connectivity index (χ2v) is 6.00. The standard InChI is InChI=1S/C11H20N2S2/c1-3-9(2)15-8-11(13-12)6-10-4-5-14-7-10/h4-5,7,9,11,13H,3,6,8,12H2,1-2H3. The summed E-state index contributed by atoms with van der Waals surface area (Å²) in [5, 5.41) is 5.03. The molecular formula is C11H20N2S2. The molecule has 0 aliphatic rings. The maximum Gasteiger partial charge on any atom is 0.0341 e.